The smallest absolute Gasteiger partial charge is 0.213 e. The van der Waals surface area contributed by atoms with Crippen LogP contribution in [0.3, 0.4) is 0 Å². The zero-order chi connectivity index (χ0) is 24.2. The number of nitrogens with zero attached hydrogens (tertiary/aromatic N) is 5. The Kier molecular flexibility index (Phi) is 4.61. The molecule has 1 atom stereocenters. The molecule has 0 fully saturated rings. The summed E-state index contributed by atoms with van der Waals surface area (Å²) in [7, 11) is 0. The normalized spacial score (nSPS) is 15.9. The van der Waals surface area contributed by atoms with Gasteiger partial charge in [-0.05, 0) is 55.8 Å². The molecular weight excluding hydrogens is 446 g/mol. The molecule has 176 valence electrons. The summed E-state index contributed by atoms with van der Waals surface area (Å²) in [5.41, 5.74) is 6.46. The Bertz CT molecular complexity index is 1600. The van der Waals surface area contributed by atoms with Crippen molar-refractivity contribution in [2.45, 2.75) is 26.4 Å². The van der Waals surface area contributed by atoms with Gasteiger partial charge in [0.1, 0.15) is 17.6 Å². The summed E-state index contributed by atoms with van der Waals surface area (Å²) in [5, 5.41) is 4.96. The van der Waals surface area contributed by atoms with Gasteiger partial charge in [-0.1, -0.05) is 60.7 Å². The number of hydrogen-bond donors (Lipinski definition) is 0. The summed E-state index contributed by atoms with van der Waals surface area (Å²) in [6.45, 7) is 4.76. The average molecular weight is 472 g/mol. The van der Waals surface area contributed by atoms with Gasteiger partial charge in [0.15, 0.2) is 5.82 Å². The first-order valence-electron chi connectivity index (χ1n) is 12.2. The van der Waals surface area contributed by atoms with Gasteiger partial charge >= 0.3 is 0 Å². The van der Waals surface area contributed by atoms with Crippen molar-refractivity contribution < 1.29 is 4.42 Å². The number of rotatable bonds is 4. The second kappa shape index (κ2) is 7.99. The first-order chi connectivity index (χ1) is 17.7. The Hall–Kier alpha value is -4.58. The average Bonchev–Trinajstić information content (AvgIpc) is 3.59. The summed E-state index contributed by atoms with van der Waals surface area (Å²) in [6.07, 6.45) is 0. The van der Waals surface area contributed by atoms with Crippen molar-refractivity contribution in [3.63, 3.8) is 0 Å². The molecule has 36 heavy (non-hydrogen) atoms. The van der Waals surface area contributed by atoms with Gasteiger partial charge in [-0.25, -0.2) is 4.68 Å². The lowest BCUT2D eigenvalue weighted by molar-refractivity contribution is 0.464. The third-order valence-electron chi connectivity index (χ3n) is 6.92. The molecule has 2 aromatic heterocycles. The maximum atomic E-state index is 6.27. The predicted molar refractivity (Wildman–Crippen MR) is 142 cm³/mol. The molecule has 2 aliphatic heterocycles. The second-order valence-corrected chi connectivity index (χ2v) is 9.26. The molecule has 6 nitrogen and oxygen atoms in total. The van der Waals surface area contributed by atoms with Gasteiger partial charge in [-0.15, -0.1) is 0 Å². The molecule has 0 bridgehead atoms. The first kappa shape index (κ1) is 20.8. The van der Waals surface area contributed by atoms with Crippen LogP contribution in [0.5, 0.6) is 0 Å². The van der Waals surface area contributed by atoms with Crippen LogP contribution in [0, 0.1) is 13.8 Å². The van der Waals surface area contributed by atoms with E-state index in [1.807, 2.05) is 35.9 Å². The van der Waals surface area contributed by atoms with Crippen LogP contribution in [-0.2, 0) is 6.54 Å². The fourth-order valence-electron chi connectivity index (χ4n) is 5.33. The third-order valence-corrected chi connectivity index (χ3v) is 6.92. The fourth-order valence-corrected chi connectivity index (χ4v) is 5.33. The van der Waals surface area contributed by atoms with Gasteiger partial charge in [0.05, 0.1) is 34.9 Å². The van der Waals surface area contributed by atoms with Gasteiger partial charge in [-0.3, -0.25) is 4.90 Å². The van der Waals surface area contributed by atoms with Gasteiger partial charge < -0.3 is 9.32 Å². The maximum Gasteiger partial charge on any atom is 0.213 e. The van der Waals surface area contributed by atoms with E-state index in [0.29, 0.717) is 6.54 Å². The van der Waals surface area contributed by atoms with Gasteiger partial charge in [0.2, 0.25) is 5.96 Å². The van der Waals surface area contributed by atoms with Crippen LogP contribution in [0.2, 0.25) is 0 Å². The molecule has 0 N–H and O–H groups in total. The molecule has 6 heteroatoms. The van der Waals surface area contributed by atoms with Crippen LogP contribution < -0.4 is 9.80 Å². The molecule has 4 heterocycles. The zero-order valence-electron chi connectivity index (χ0n) is 20.2. The lowest BCUT2D eigenvalue weighted by Gasteiger charge is -2.33. The van der Waals surface area contributed by atoms with Crippen molar-refractivity contribution in [1.29, 1.82) is 0 Å². The van der Waals surface area contributed by atoms with Gasteiger partial charge in [0.25, 0.3) is 0 Å². The quantitative estimate of drug-likeness (QED) is 0.293. The fraction of sp³-hybridized carbons (Fsp3) is 0.133. The summed E-state index contributed by atoms with van der Waals surface area (Å²) in [4.78, 5) is 9.91. The molecular formula is C30H25N5O. The second-order valence-electron chi connectivity index (χ2n) is 9.26. The number of aryl methyl sites for hydroxylation is 2. The Balaban J connectivity index is 1.49. The molecule has 7 rings (SSSR count). The van der Waals surface area contributed by atoms with E-state index in [1.165, 1.54) is 5.56 Å². The highest BCUT2D eigenvalue weighted by Gasteiger charge is 2.45. The van der Waals surface area contributed by atoms with Crippen LogP contribution in [-0.4, -0.2) is 15.7 Å². The minimum Gasteiger partial charge on any atom is -0.464 e. The van der Waals surface area contributed by atoms with E-state index in [1.54, 1.807) is 0 Å². The maximum absolute atomic E-state index is 6.27. The molecule has 0 radical (unpaired) electrons. The lowest BCUT2D eigenvalue weighted by atomic mass is 10.0. The van der Waals surface area contributed by atoms with Gasteiger partial charge in [0, 0.05) is 0 Å². The lowest BCUT2D eigenvalue weighted by Crippen LogP contribution is -2.42. The van der Waals surface area contributed by atoms with Crippen molar-refractivity contribution in [1.82, 2.24) is 9.78 Å². The molecule has 0 spiro atoms. The van der Waals surface area contributed by atoms with Crippen LogP contribution in [0.15, 0.2) is 106 Å². The van der Waals surface area contributed by atoms with Crippen LogP contribution in [0.1, 0.15) is 34.4 Å². The number of benzene rings is 3. The highest BCUT2D eigenvalue weighted by atomic mass is 16.3. The molecule has 2 aliphatic rings. The SMILES string of the molecule is Cc1ccc([C@H]2c3c(C)nn(-c4ccccc4)c3N=C3N(Cc4ccccc4)c4ccccc4N32)o1. The van der Waals surface area contributed by atoms with E-state index < -0.39 is 0 Å². The summed E-state index contributed by atoms with van der Waals surface area (Å²) in [5.74, 6) is 3.49. The number of fused-ring (bicyclic) bond motifs is 4. The van der Waals surface area contributed by atoms with Crippen molar-refractivity contribution in [2.75, 3.05) is 9.80 Å². The molecule has 0 saturated carbocycles. The minimum absolute atomic E-state index is 0.180. The van der Waals surface area contributed by atoms with Crippen LogP contribution in [0.25, 0.3) is 5.69 Å². The number of aromatic nitrogens is 2. The molecule has 0 aliphatic carbocycles. The minimum atomic E-state index is -0.180. The van der Waals surface area contributed by atoms with E-state index in [9.17, 15) is 0 Å². The molecule has 3 aromatic carbocycles. The van der Waals surface area contributed by atoms with E-state index in [-0.39, 0.29) is 6.04 Å². The summed E-state index contributed by atoms with van der Waals surface area (Å²) < 4.78 is 8.23. The Morgan fingerprint density at radius 3 is 2.19 bits per heavy atom. The van der Waals surface area contributed by atoms with Crippen molar-refractivity contribution in [3.8, 4) is 5.69 Å². The largest absolute Gasteiger partial charge is 0.464 e. The zero-order valence-corrected chi connectivity index (χ0v) is 20.2. The van der Waals surface area contributed by atoms with Crippen molar-refractivity contribution in [2.24, 2.45) is 4.99 Å². The van der Waals surface area contributed by atoms with Gasteiger partial charge in [-0.2, -0.15) is 10.1 Å². The molecule has 0 unspecified atom stereocenters. The van der Waals surface area contributed by atoms with E-state index >= 15 is 0 Å². The molecule has 0 amide bonds. The molecule has 5 aromatic rings. The summed E-state index contributed by atoms with van der Waals surface area (Å²) >= 11 is 0. The number of furan rings is 1. The topological polar surface area (TPSA) is 49.8 Å². The molecule has 0 saturated heterocycles. The van der Waals surface area contributed by atoms with Crippen molar-refractivity contribution in [3.05, 3.63) is 125 Å². The monoisotopic (exact) mass is 471 g/mol. The Morgan fingerprint density at radius 1 is 0.778 bits per heavy atom. The Labute approximate surface area is 209 Å². The van der Waals surface area contributed by atoms with Crippen LogP contribution >= 0.6 is 0 Å². The third kappa shape index (κ3) is 3.11. The number of guanidine groups is 1. The number of para-hydroxylation sites is 3. The number of hydrogen-bond acceptors (Lipinski definition) is 5. The van der Waals surface area contributed by atoms with Crippen molar-refractivity contribution >= 4 is 23.2 Å². The standard InChI is InChI=1S/C30H25N5O/c1-20-17-18-26(36-20)28-27-21(2)32-35(23-13-7-4-8-14-23)29(27)31-30-33(19-22-11-5-3-6-12-22)24-15-9-10-16-25(24)34(28)30/h3-18,28H,19H2,1-2H3/t28-/m0/s1. The first-order valence-corrected chi connectivity index (χ1v) is 12.2. The summed E-state index contributed by atoms with van der Waals surface area (Å²) in [6, 6.07) is 33.2. The van der Waals surface area contributed by atoms with Crippen LogP contribution in [0.4, 0.5) is 17.2 Å². The van der Waals surface area contributed by atoms with E-state index in [0.717, 1.165) is 51.6 Å². The predicted octanol–water partition coefficient (Wildman–Crippen LogP) is 6.70. The number of anilines is 2. The van der Waals surface area contributed by atoms with E-state index in [2.05, 4.69) is 89.5 Å². The van der Waals surface area contributed by atoms with E-state index in [4.69, 9.17) is 14.5 Å². The highest BCUT2D eigenvalue weighted by Crippen LogP contribution is 2.51. The Morgan fingerprint density at radius 2 is 1.47 bits per heavy atom. The highest BCUT2D eigenvalue weighted by molar-refractivity contribution is 6.18. The number of aliphatic imine (C=N–C) groups is 1.